The number of hydrogen-bond acceptors (Lipinski definition) is 7. The molecule has 1 amide bonds. The van der Waals surface area contributed by atoms with Crippen LogP contribution in [0.3, 0.4) is 0 Å². The molecule has 196 valence electrons. The number of carbonyl (C=O) groups is 2. The van der Waals surface area contributed by atoms with Gasteiger partial charge in [0, 0.05) is 19.9 Å². The van der Waals surface area contributed by atoms with Crippen LogP contribution in [0.2, 0.25) is 0 Å². The van der Waals surface area contributed by atoms with Crippen molar-refractivity contribution in [2.24, 2.45) is 0 Å². The Hall–Kier alpha value is -3.85. The minimum absolute atomic E-state index is 0.0213. The zero-order chi connectivity index (χ0) is 26.7. The van der Waals surface area contributed by atoms with Gasteiger partial charge in [-0.2, -0.15) is 0 Å². The normalized spacial score (nSPS) is 17.1. The van der Waals surface area contributed by atoms with E-state index < -0.39 is 17.7 Å². The smallest absolute Gasteiger partial charge is 0.295 e. The average molecular weight is 508 g/mol. The lowest BCUT2D eigenvalue weighted by Gasteiger charge is -2.25. The molecule has 1 fully saturated rings. The summed E-state index contributed by atoms with van der Waals surface area (Å²) in [5.74, 6) is -0.741. The van der Waals surface area contributed by atoms with E-state index in [-0.39, 0.29) is 30.2 Å². The number of amides is 1. The molecule has 9 heteroatoms. The SMILES string of the molecule is CCCCOc1ccc(C2/C(=C(\O)c3nc4c(C)cccn4c3C)C(=O)C(=O)N2CCOC)cc1OC. The molecule has 0 bridgehead atoms. The molecule has 1 aliphatic heterocycles. The van der Waals surface area contributed by atoms with Gasteiger partial charge in [-0.1, -0.05) is 25.5 Å². The summed E-state index contributed by atoms with van der Waals surface area (Å²) in [5.41, 5.74) is 3.10. The predicted octanol–water partition coefficient (Wildman–Crippen LogP) is 4.21. The quantitative estimate of drug-likeness (QED) is 0.190. The van der Waals surface area contributed by atoms with Gasteiger partial charge in [-0.25, -0.2) is 4.98 Å². The summed E-state index contributed by atoms with van der Waals surface area (Å²) < 4.78 is 18.5. The summed E-state index contributed by atoms with van der Waals surface area (Å²) >= 11 is 0. The summed E-state index contributed by atoms with van der Waals surface area (Å²) in [4.78, 5) is 32.5. The molecule has 3 heterocycles. The fourth-order valence-corrected chi connectivity index (χ4v) is 4.62. The number of fused-ring (bicyclic) bond motifs is 1. The number of benzene rings is 1. The van der Waals surface area contributed by atoms with E-state index in [1.807, 2.05) is 36.6 Å². The van der Waals surface area contributed by atoms with E-state index in [2.05, 4.69) is 11.9 Å². The van der Waals surface area contributed by atoms with Gasteiger partial charge in [0.2, 0.25) is 0 Å². The topological polar surface area (TPSA) is 103 Å². The third-order valence-electron chi connectivity index (χ3n) is 6.64. The van der Waals surface area contributed by atoms with Gasteiger partial charge in [0.15, 0.2) is 17.3 Å². The Morgan fingerprint density at radius 2 is 1.89 bits per heavy atom. The molecule has 1 atom stereocenters. The number of ketones is 1. The van der Waals surface area contributed by atoms with Crippen LogP contribution in [-0.2, 0) is 14.3 Å². The van der Waals surface area contributed by atoms with E-state index >= 15 is 0 Å². The highest BCUT2D eigenvalue weighted by Gasteiger charge is 2.46. The number of aliphatic hydroxyl groups excluding tert-OH is 1. The van der Waals surface area contributed by atoms with Crippen molar-refractivity contribution < 1.29 is 28.9 Å². The van der Waals surface area contributed by atoms with Crippen molar-refractivity contribution in [3.63, 3.8) is 0 Å². The Labute approximate surface area is 216 Å². The highest BCUT2D eigenvalue weighted by Crippen LogP contribution is 2.42. The molecule has 4 rings (SSSR count). The van der Waals surface area contributed by atoms with Crippen molar-refractivity contribution in [3.05, 3.63) is 64.6 Å². The molecular formula is C28H33N3O6. The van der Waals surface area contributed by atoms with Crippen LogP contribution in [0.15, 0.2) is 42.1 Å². The summed E-state index contributed by atoms with van der Waals surface area (Å²) in [6.07, 6.45) is 3.74. The van der Waals surface area contributed by atoms with Crippen LogP contribution in [-0.4, -0.2) is 65.1 Å². The second-order valence-corrected chi connectivity index (χ2v) is 9.03. The zero-order valence-electron chi connectivity index (χ0n) is 21.9. The van der Waals surface area contributed by atoms with E-state index in [1.54, 1.807) is 18.2 Å². The maximum absolute atomic E-state index is 13.3. The Kier molecular flexibility index (Phi) is 7.83. The van der Waals surface area contributed by atoms with Crippen molar-refractivity contribution in [3.8, 4) is 11.5 Å². The molecule has 1 unspecified atom stereocenters. The number of aromatic nitrogens is 2. The molecular weight excluding hydrogens is 474 g/mol. The van der Waals surface area contributed by atoms with Crippen LogP contribution >= 0.6 is 0 Å². The van der Waals surface area contributed by atoms with Crippen LogP contribution in [0.5, 0.6) is 11.5 Å². The van der Waals surface area contributed by atoms with Gasteiger partial charge in [0.25, 0.3) is 11.7 Å². The standard InChI is InChI=1S/C28H33N3O6/c1-6-7-14-37-20-11-10-19(16-21(20)36-5)24-22(26(33)28(34)31(24)13-15-35-4)25(32)23-18(3)30-12-8-9-17(2)27(30)29-23/h8-12,16,24,32H,6-7,13-15H2,1-5H3/b25-22+. The molecule has 3 aromatic rings. The van der Waals surface area contributed by atoms with E-state index in [0.717, 1.165) is 18.4 Å². The highest BCUT2D eigenvalue weighted by atomic mass is 16.5. The zero-order valence-corrected chi connectivity index (χ0v) is 21.9. The van der Waals surface area contributed by atoms with Crippen LogP contribution in [0.25, 0.3) is 11.4 Å². The van der Waals surface area contributed by atoms with Gasteiger partial charge in [-0.15, -0.1) is 0 Å². The number of ether oxygens (including phenoxy) is 3. The number of aryl methyl sites for hydroxylation is 2. The van der Waals surface area contributed by atoms with Crippen LogP contribution in [0.1, 0.15) is 48.3 Å². The largest absolute Gasteiger partial charge is 0.505 e. The maximum Gasteiger partial charge on any atom is 0.295 e. The van der Waals surface area contributed by atoms with E-state index in [0.29, 0.717) is 35.0 Å². The van der Waals surface area contributed by atoms with Gasteiger partial charge < -0.3 is 28.6 Å². The summed E-state index contributed by atoms with van der Waals surface area (Å²) in [6.45, 7) is 6.76. The average Bonchev–Trinajstić information content (AvgIpc) is 3.37. The molecule has 2 aromatic heterocycles. The summed E-state index contributed by atoms with van der Waals surface area (Å²) in [6, 6.07) is 8.26. The van der Waals surface area contributed by atoms with E-state index in [1.165, 1.54) is 19.1 Å². The number of imidazole rings is 1. The first-order valence-corrected chi connectivity index (χ1v) is 12.4. The lowest BCUT2D eigenvalue weighted by Crippen LogP contribution is -2.32. The van der Waals surface area contributed by atoms with E-state index in [4.69, 9.17) is 14.2 Å². The Morgan fingerprint density at radius 3 is 2.57 bits per heavy atom. The van der Waals surface area contributed by atoms with Crippen molar-refractivity contribution >= 4 is 23.1 Å². The highest BCUT2D eigenvalue weighted by molar-refractivity contribution is 6.46. The first-order chi connectivity index (χ1) is 17.8. The Morgan fingerprint density at radius 1 is 1.11 bits per heavy atom. The second-order valence-electron chi connectivity index (χ2n) is 9.03. The number of methoxy groups -OCH3 is 2. The van der Waals surface area contributed by atoms with Crippen molar-refractivity contribution in [1.82, 2.24) is 14.3 Å². The van der Waals surface area contributed by atoms with Crippen LogP contribution in [0, 0.1) is 13.8 Å². The number of hydrogen-bond donors (Lipinski definition) is 1. The van der Waals surface area contributed by atoms with Gasteiger partial charge >= 0.3 is 0 Å². The van der Waals surface area contributed by atoms with Crippen LogP contribution in [0.4, 0.5) is 0 Å². The first kappa shape index (κ1) is 26.2. The first-order valence-electron chi connectivity index (χ1n) is 12.4. The van der Waals surface area contributed by atoms with E-state index in [9.17, 15) is 14.7 Å². The second kappa shape index (κ2) is 11.0. The Balaban J connectivity index is 1.87. The van der Waals surface area contributed by atoms with Crippen molar-refractivity contribution in [1.29, 1.82) is 0 Å². The number of rotatable bonds is 10. The molecule has 1 aliphatic rings. The molecule has 1 aromatic carbocycles. The lowest BCUT2D eigenvalue weighted by molar-refractivity contribution is -0.140. The third-order valence-corrected chi connectivity index (χ3v) is 6.64. The molecule has 0 saturated carbocycles. The number of aliphatic hydroxyl groups is 1. The monoisotopic (exact) mass is 507 g/mol. The van der Waals surface area contributed by atoms with Crippen LogP contribution < -0.4 is 9.47 Å². The fraction of sp³-hybridized carbons (Fsp3) is 0.393. The number of unbranched alkanes of at least 4 members (excludes halogenated alkanes) is 1. The Bertz CT molecular complexity index is 1360. The molecule has 37 heavy (non-hydrogen) atoms. The number of nitrogens with zero attached hydrogens (tertiary/aromatic N) is 3. The maximum atomic E-state index is 13.3. The van der Waals surface area contributed by atoms with Crippen molar-refractivity contribution in [2.45, 2.75) is 39.7 Å². The molecule has 1 saturated heterocycles. The van der Waals surface area contributed by atoms with Gasteiger partial charge in [0.1, 0.15) is 11.3 Å². The minimum atomic E-state index is -0.848. The molecule has 0 radical (unpaired) electrons. The lowest BCUT2D eigenvalue weighted by atomic mass is 9.96. The minimum Gasteiger partial charge on any atom is -0.505 e. The molecule has 0 spiro atoms. The van der Waals surface area contributed by atoms with Gasteiger partial charge in [0.05, 0.1) is 37.6 Å². The number of likely N-dealkylation sites (tertiary alicyclic amines) is 1. The molecule has 9 nitrogen and oxygen atoms in total. The predicted molar refractivity (Wildman–Crippen MR) is 139 cm³/mol. The number of Topliss-reactive ketones (excluding diaryl/α,β-unsaturated/α-hetero) is 1. The summed E-state index contributed by atoms with van der Waals surface area (Å²) in [5, 5.41) is 11.5. The number of pyridine rings is 1. The molecule has 0 aliphatic carbocycles. The summed E-state index contributed by atoms with van der Waals surface area (Å²) in [7, 11) is 3.06. The number of carbonyl (C=O) groups excluding carboxylic acids is 2. The van der Waals surface area contributed by atoms with Gasteiger partial charge in [-0.05, 0) is 49.6 Å². The molecule has 1 N–H and O–H groups in total. The van der Waals surface area contributed by atoms with Crippen molar-refractivity contribution in [2.75, 3.05) is 34.0 Å². The third kappa shape index (κ3) is 4.79. The van der Waals surface area contributed by atoms with Gasteiger partial charge in [-0.3, -0.25) is 9.59 Å². The fourth-order valence-electron chi connectivity index (χ4n) is 4.62.